The molecule has 1 saturated carbocycles. The number of hydrogen-bond acceptors (Lipinski definition) is 9. The average Bonchev–Trinajstić information content (AvgIpc) is 3.40. The first-order chi connectivity index (χ1) is 21.3. The van der Waals surface area contributed by atoms with Gasteiger partial charge in [0.15, 0.2) is 11.3 Å². The van der Waals surface area contributed by atoms with Crippen molar-refractivity contribution in [2.24, 2.45) is 11.8 Å². The lowest BCUT2D eigenvalue weighted by Crippen LogP contribution is -2.46. The summed E-state index contributed by atoms with van der Waals surface area (Å²) in [7, 11) is -1.63. The number of hydrogen-bond donors (Lipinski definition) is 0. The average molecular weight is 613 g/mol. The van der Waals surface area contributed by atoms with Crippen LogP contribution in [0.3, 0.4) is 0 Å². The van der Waals surface area contributed by atoms with Crippen molar-refractivity contribution in [1.82, 2.24) is 24.4 Å². The van der Waals surface area contributed by atoms with E-state index in [4.69, 9.17) is 9.05 Å². The van der Waals surface area contributed by atoms with Crippen LogP contribution in [0.25, 0.3) is 0 Å². The van der Waals surface area contributed by atoms with Gasteiger partial charge in [-0.1, -0.05) is 0 Å². The highest BCUT2D eigenvalue weighted by Crippen LogP contribution is 2.63. The molecule has 3 aliphatic rings. The molecular formula is C32H33N6O5P. The van der Waals surface area contributed by atoms with Crippen LogP contribution < -0.4 is 0 Å². The molecule has 3 aromatic rings. The Kier molecular flexibility index (Phi) is 7.95. The molecule has 12 heteroatoms. The summed E-state index contributed by atoms with van der Waals surface area (Å²) >= 11 is 0. The number of fused-ring (bicyclic) bond motifs is 1. The number of rotatable bonds is 10. The van der Waals surface area contributed by atoms with E-state index in [0.717, 1.165) is 0 Å². The number of aromatic nitrogens is 2. The number of carbonyl (C=O) groups is 2. The molecular weight excluding hydrogens is 579 g/mol. The van der Waals surface area contributed by atoms with Gasteiger partial charge in [0.2, 0.25) is 0 Å². The molecule has 1 aromatic carbocycles. The maximum atomic E-state index is 15.0. The number of amides is 1. The summed E-state index contributed by atoms with van der Waals surface area (Å²) in [4.78, 5) is 40.6. The number of pyridine rings is 2. The predicted molar refractivity (Wildman–Crippen MR) is 161 cm³/mol. The van der Waals surface area contributed by atoms with E-state index in [9.17, 15) is 19.4 Å². The molecule has 11 nitrogen and oxygen atoms in total. The molecule has 1 aliphatic carbocycles. The van der Waals surface area contributed by atoms with Crippen molar-refractivity contribution in [2.75, 3.05) is 33.4 Å². The number of piperidine rings is 1. The van der Waals surface area contributed by atoms with Gasteiger partial charge in [0.25, 0.3) is 5.91 Å². The van der Waals surface area contributed by atoms with Crippen molar-refractivity contribution in [3.05, 3.63) is 107 Å². The molecule has 0 spiro atoms. The Morgan fingerprint density at radius 2 is 1.50 bits per heavy atom. The minimum atomic E-state index is -3.45. The monoisotopic (exact) mass is 612 g/mol. The van der Waals surface area contributed by atoms with Gasteiger partial charge in [-0.25, -0.2) is 9.24 Å². The van der Waals surface area contributed by atoms with Gasteiger partial charge in [-0.3, -0.25) is 33.5 Å². The van der Waals surface area contributed by atoms with E-state index >= 15 is 0 Å². The van der Waals surface area contributed by atoms with Crippen LogP contribution in [0.1, 0.15) is 40.9 Å². The smallest absolute Gasteiger partial charge is 0.339 e. The molecule has 1 amide bonds. The number of likely N-dealkylation sites (N-methyl/N-ethyl adjacent to an activating group) is 1. The lowest BCUT2D eigenvalue weighted by molar-refractivity contribution is -0.132. The molecule has 6 rings (SSSR count). The fraction of sp³-hybridized carbons (Fsp3) is 0.344. The Morgan fingerprint density at radius 3 is 1.98 bits per heavy atom. The summed E-state index contributed by atoms with van der Waals surface area (Å²) < 4.78 is 26.5. The molecule has 4 heterocycles. The molecule has 0 N–H and O–H groups in total. The van der Waals surface area contributed by atoms with E-state index in [1.54, 1.807) is 72.5 Å². The van der Waals surface area contributed by atoms with E-state index in [2.05, 4.69) is 16.0 Å². The van der Waals surface area contributed by atoms with Crippen LogP contribution >= 0.6 is 7.75 Å². The van der Waals surface area contributed by atoms with Crippen LogP contribution in [0.5, 0.6) is 0 Å². The van der Waals surface area contributed by atoms with Gasteiger partial charge >= 0.3 is 7.75 Å². The van der Waals surface area contributed by atoms with Crippen molar-refractivity contribution < 1.29 is 23.2 Å². The number of benzene rings is 1. The van der Waals surface area contributed by atoms with Gasteiger partial charge < -0.3 is 4.90 Å². The minimum Gasteiger partial charge on any atom is -0.339 e. The maximum Gasteiger partial charge on any atom is 0.408 e. The van der Waals surface area contributed by atoms with Crippen molar-refractivity contribution in [3.63, 3.8) is 0 Å². The summed E-state index contributed by atoms with van der Waals surface area (Å²) in [6.07, 6.45) is 8.10. The summed E-state index contributed by atoms with van der Waals surface area (Å²) in [5, 5.41) is 9.20. The van der Waals surface area contributed by atoms with Crippen LogP contribution in [0.4, 0.5) is 0 Å². The first kappa shape index (κ1) is 29.9. The highest BCUT2D eigenvalue weighted by molar-refractivity contribution is 7.51. The number of ketones is 1. The fourth-order valence-corrected chi connectivity index (χ4v) is 8.52. The van der Waals surface area contributed by atoms with E-state index in [1.165, 1.54) is 6.08 Å². The number of nitrogens with zero attached hydrogens (tertiary/aromatic N) is 6. The predicted octanol–water partition coefficient (Wildman–Crippen LogP) is 4.20. The Labute approximate surface area is 256 Å². The van der Waals surface area contributed by atoms with E-state index < -0.39 is 13.3 Å². The van der Waals surface area contributed by atoms with Crippen LogP contribution in [-0.2, 0) is 23.9 Å². The zero-order valence-electron chi connectivity index (χ0n) is 24.7. The van der Waals surface area contributed by atoms with Crippen molar-refractivity contribution in [1.29, 1.82) is 5.26 Å². The maximum absolute atomic E-state index is 15.0. The van der Waals surface area contributed by atoms with Crippen LogP contribution in [0, 0.1) is 23.2 Å². The molecule has 44 heavy (non-hydrogen) atoms. The molecule has 3 atom stereocenters. The molecule has 0 radical (unpaired) electrons. The first-order valence-corrected chi connectivity index (χ1v) is 16.1. The van der Waals surface area contributed by atoms with Gasteiger partial charge in [-0.2, -0.15) is 5.26 Å². The Bertz CT molecular complexity index is 1620. The van der Waals surface area contributed by atoms with E-state index in [1.807, 2.05) is 36.2 Å². The molecule has 2 aromatic heterocycles. The highest BCUT2D eigenvalue weighted by atomic mass is 31.2. The highest BCUT2D eigenvalue weighted by Gasteiger charge is 2.68. The minimum absolute atomic E-state index is 0.0145. The van der Waals surface area contributed by atoms with Gasteiger partial charge in [0, 0.05) is 62.6 Å². The standard InChI is InChI=1S/C32H33N6O5P/c1-4-42-44(41,43-5-2)37-20-26-27(21-37)30(26)38-29(18-28(39)23-8-6-22(19-33)7-9-23)36(3)32(31(38)40,24-10-14-34-15-11-24)25-12-16-35-17-13-25/h6-18,26-27,30H,4-5,20-21H2,1-3H3/t26-,27+,30+. The SMILES string of the molecule is CCOP(=O)(OCC)N1C[C@@H]2[C@H](C1)[C@H]2N1C(=O)C(c2ccncc2)(c2ccncc2)N(C)C1=CC(=O)c1ccc(C#N)cc1. The topological polar surface area (TPSA) is 129 Å². The van der Waals surface area contributed by atoms with Crippen LogP contribution in [-0.4, -0.2) is 75.5 Å². The third kappa shape index (κ3) is 4.75. The van der Waals surface area contributed by atoms with Crippen LogP contribution in [0.2, 0.25) is 0 Å². The molecule has 3 fully saturated rings. The van der Waals surface area contributed by atoms with Gasteiger partial charge in [0.1, 0.15) is 5.82 Å². The van der Waals surface area contributed by atoms with Gasteiger partial charge in [0.05, 0.1) is 24.8 Å². The zero-order chi connectivity index (χ0) is 31.1. The number of nitriles is 1. The molecule has 2 saturated heterocycles. The second kappa shape index (κ2) is 11.7. The third-order valence-corrected chi connectivity index (χ3v) is 10.9. The molecule has 0 bridgehead atoms. The van der Waals surface area contributed by atoms with Gasteiger partial charge in [-0.05, 0) is 85.3 Å². The number of carbonyl (C=O) groups excluding carboxylic acids is 2. The van der Waals surface area contributed by atoms with Crippen molar-refractivity contribution in [2.45, 2.75) is 25.4 Å². The van der Waals surface area contributed by atoms with Crippen molar-refractivity contribution >= 4 is 19.4 Å². The fourth-order valence-electron chi connectivity index (χ4n) is 6.69. The van der Waals surface area contributed by atoms with Crippen molar-refractivity contribution in [3.8, 4) is 6.07 Å². The Balaban J connectivity index is 1.43. The first-order valence-electron chi connectivity index (χ1n) is 14.6. The quantitative estimate of drug-likeness (QED) is 0.187. The lowest BCUT2D eigenvalue weighted by Gasteiger charge is -2.35. The van der Waals surface area contributed by atoms with Gasteiger partial charge in [-0.15, -0.1) is 0 Å². The lowest BCUT2D eigenvalue weighted by atomic mass is 9.82. The Hall–Kier alpha value is -4.20. The van der Waals surface area contributed by atoms with E-state index in [0.29, 0.717) is 41.2 Å². The molecule has 0 unspecified atom stereocenters. The number of allylic oxidation sites excluding steroid dienone is 1. The second-order valence-corrected chi connectivity index (χ2v) is 13.0. The second-order valence-electron chi connectivity index (χ2n) is 11.0. The summed E-state index contributed by atoms with van der Waals surface area (Å²) in [6, 6.07) is 15.5. The largest absolute Gasteiger partial charge is 0.408 e. The summed E-state index contributed by atoms with van der Waals surface area (Å²) in [5.74, 6) is 0.00199. The summed E-state index contributed by atoms with van der Waals surface area (Å²) in [6.45, 7) is 4.95. The summed E-state index contributed by atoms with van der Waals surface area (Å²) in [5.41, 5.74) is 0.972. The molecule has 226 valence electrons. The Morgan fingerprint density at radius 1 is 0.977 bits per heavy atom. The van der Waals surface area contributed by atoms with E-state index in [-0.39, 0.29) is 42.8 Å². The third-order valence-electron chi connectivity index (χ3n) is 8.74. The molecule has 2 aliphatic heterocycles. The zero-order valence-corrected chi connectivity index (χ0v) is 25.6. The van der Waals surface area contributed by atoms with Crippen LogP contribution in [0.15, 0.2) is 85.2 Å². The normalized spacial score (nSPS) is 23.5.